The van der Waals surface area contributed by atoms with E-state index in [0.717, 1.165) is 18.2 Å². The smallest absolute Gasteiger partial charge is 0.265 e. The molecule has 0 spiro atoms. The third-order valence-electron chi connectivity index (χ3n) is 4.35. The predicted octanol–water partition coefficient (Wildman–Crippen LogP) is 1.48. The van der Waals surface area contributed by atoms with Gasteiger partial charge < -0.3 is 20.7 Å². The molecule has 3 N–H and O–H groups in total. The van der Waals surface area contributed by atoms with Gasteiger partial charge >= 0.3 is 0 Å². The number of carbonyl (C=O) groups is 1. The van der Waals surface area contributed by atoms with Crippen LogP contribution in [0.5, 0.6) is 0 Å². The number of morpholine rings is 1. The SMILES string of the molecule is CC(NC(=O)c1sc(N2CCOCC2)nc1N)C1CCC1. The lowest BCUT2D eigenvalue weighted by Gasteiger charge is -2.31. The minimum Gasteiger partial charge on any atom is -0.382 e. The van der Waals surface area contributed by atoms with Crippen LogP contribution in [0, 0.1) is 5.92 Å². The molecule has 6 nitrogen and oxygen atoms in total. The summed E-state index contributed by atoms with van der Waals surface area (Å²) in [7, 11) is 0. The Bertz CT molecular complexity index is 509. The Balaban J connectivity index is 1.66. The Labute approximate surface area is 128 Å². The van der Waals surface area contributed by atoms with Crippen LogP contribution in [0.3, 0.4) is 0 Å². The van der Waals surface area contributed by atoms with Crippen LogP contribution in [0.15, 0.2) is 0 Å². The molecule has 1 saturated heterocycles. The molecule has 1 amide bonds. The third-order valence-corrected chi connectivity index (χ3v) is 5.48. The van der Waals surface area contributed by atoms with E-state index in [9.17, 15) is 4.79 Å². The molecule has 1 aromatic heterocycles. The fourth-order valence-corrected chi connectivity index (χ4v) is 3.64. The van der Waals surface area contributed by atoms with Gasteiger partial charge in [0, 0.05) is 19.1 Å². The highest BCUT2D eigenvalue weighted by atomic mass is 32.1. The number of ether oxygens (including phenoxy) is 1. The van der Waals surface area contributed by atoms with Gasteiger partial charge in [0.2, 0.25) is 0 Å². The molecule has 1 aliphatic heterocycles. The van der Waals surface area contributed by atoms with Gasteiger partial charge in [-0.15, -0.1) is 0 Å². The number of hydrogen-bond acceptors (Lipinski definition) is 6. The average molecular weight is 310 g/mol. The maximum Gasteiger partial charge on any atom is 0.265 e. The Hall–Kier alpha value is -1.34. The van der Waals surface area contributed by atoms with Crippen LogP contribution >= 0.6 is 11.3 Å². The first kappa shape index (κ1) is 14.6. The second-order valence-electron chi connectivity index (χ2n) is 5.76. The van der Waals surface area contributed by atoms with E-state index in [1.54, 1.807) is 0 Å². The number of aromatic nitrogens is 1. The number of nitrogens with zero attached hydrogens (tertiary/aromatic N) is 2. The maximum atomic E-state index is 12.4. The largest absolute Gasteiger partial charge is 0.382 e. The van der Waals surface area contributed by atoms with Gasteiger partial charge in [-0.25, -0.2) is 4.98 Å². The summed E-state index contributed by atoms with van der Waals surface area (Å²) < 4.78 is 5.33. The lowest BCUT2D eigenvalue weighted by Crippen LogP contribution is -2.40. The van der Waals surface area contributed by atoms with E-state index in [-0.39, 0.29) is 11.9 Å². The number of amides is 1. The summed E-state index contributed by atoms with van der Waals surface area (Å²) in [5.41, 5.74) is 5.93. The van der Waals surface area contributed by atoms with Crippen molar-refractivity contribution < 1.29 is 9.53 Å². The predicted molar refractivity (Wildman–Crippen MR) is 83.8 cm³/mol. The van der Waals surface area contributed by atoms with E-state index in [1.807, 2.05) is 0 Å². The standard InChI is InChI=1S/C14H22N4O2S/c1-9(10-3-2-4-10)16-13(19)11-12(15)17-14(21-11)18-5-7-20-8-6-18/h9-10H,2-8,15H2,1H3,(H,16,19). The lowest BCUT2D eigenvalue weighted by atomic mass is 9.80. The summed E-state index contributed by atoms with van der Waals surface area (Å²) in [5, 5.41) is 3.88. The first-order valence-corrected chi connectivity index (χ1v) is 8.36. The number of hydrogen-bond donors (Lipinski definition) is 2. The quantitative estimate of drug-likeness (QED) is 0.880. The van der Waals surface area contributed by atoms with Gasteiger partial charge in [-0.05, 0) is 25.7 Å². The first-order valence-electron chi connectivity index (χ1n) is 7.55. The van der Waals surface area contributed by atoms with Crippen LogP contribution in [0.25, 0.3) is 0 Å². The number of nitrogen functional groups attached to an aromatic ring is 1. The number of nitrogens with one attached hydrogen (secondary N) is 1. The number of anilines is 2. The third kappa shape index (κ3) is 3.13. The first-order chi connectivity index (χ1) is 10.1. The molecule has 116 valence electrons. The minimum atomic E-state index is -0.0936. The Kier molecular flexibility index (Phi) is 4.30. The zero-order valence-electron chi connectivity index (χ0n) is 12.3. The van der Waals surface area contributed by atoms with Gasteiger partial charge in [-0.1, -0.05) is 17.8 Å². The van der Waals surface area contributed by atoms with Crippen molar-refractivity contribution in [3.8, 4) is 0 Å². The van der Waals surface area contributed by atoms with Gasteiger partial charge in [0.15, 0.2) is 5.13 Å². The second-order valence-corrected chi connectivity index (χ2v) is 6.74. The average Bonchev–Trinajstić information content (AvgIpc) is 2.80. The number of carbonyl (C=O) groups excluding carboxylic acids is 1. The topological polar surface area (TPSA) is 80.5 Å². The summed E-state index contributed by atoms with van der Waals surface area (Å²) in [6, 6.07) is 0.208. The highest BCUT2D eigenvalue weighted by Gasteiger charge is 2.27. The molecular formula is C14H22N4O2S. The van der Waals surface area contributed by atoms with Crippen molar-refractivity contribution in [2.24, 2.45) is 5.92 Å². The van der Waals surface area contributed by atoms with Crippen molar-refractivity contribution in [2.45, 2.75) is 32.2 Å². The van der Waals surface area contributed by atoms with E-state index in [2.05, 4.69) is 22.1 Å². The van der Waals surface area contributed by atoms with E-state index in [4.69, 9.17) is 10.5 Å². The minimum absolute atomic E-state index is 0.0936. The normalized spacial score (nSPS) is 20.9. The van der Waals surface area contributed by atoms with Gasteiger partial charge in [-0.3, -0.25) is 4.79 Å². The van der Waals surface area contributed by atoms with Gasteiger partial charge in [-0.2, -0.15) is 0 Å². The summed E-state index contributed by atoms with van der Waals surface area (Å²) in [4.78, 5) is 19.4. The van der Waals surface area contributed by atoms with Crippen LogP contribution in [0.4, 0.5) is 10.9 Å². The highest BCUT2D eigenvalue weighted by molar-refractivity contribution is 7.18. The van der Waals surface area contributed by atoms with E-state index in [0.29, 0.717) is 29.8 Å². The van der Waals surface area contributed by atoms with Crippen LogP contribution in [0.1, 0.15) is 35.9 Å². The van der Waals surface area contributed by atoms with Crippen molar-refractivity contribution in [1.29, 1.82) is 0 Å². The number of rotatable bonds is 4. The lowest BCUT2D eigenvalue weighted by molar-refractivity contribution is 0.0914. The fourth-order valence-electron chi connectivity index (χ4n) is 2.70. The van der Waals surface area contributed by atoms with Crippen LogP contribution < -0.4 is 16.0 Å². The van der Waals surface area contributed by atoms with E-state index in [1.165, 1.54) is 30.6 Å². The number of nitrogens with two attached hydrogens (primary N) is 1. The van der Waals surface area contributed by atoms with Gasteiger partial charge in [0.1, 0.15) is 10.7 Å². The summed E-state index contributed by atoms with van der Waals surface area (Å²) in [6.45, 7) is 5.06. The number of thiazole rings is 1. The summed E-state index contributed by atoms with van der Waals surface area (Å²) >= 11 is 1.38. The molecule has 1 aliphatic carbocycles. The molecule has 0 bridgehead atoms. The molecule has 21 heavy (non-hydrogen) atoms. The Morgan fingerprint density at radius 1 is 1.48 bits per heavy atom. The molecule has 0 radical (unpaired) electrons. The molecule has 1 saturated carbocycles. The highest BCUT2D eigenvalue weighted by Crippen LogP contribution is 2.31. The van der Waals surface area contributed by atoms with Crippen LogP contribution in [0.2, 0.25) is 0 Å². The van der Waals surface area contributed by atoms with Crippen molar-refractivity contribution in [1.82, 2.24) is 10.3 Å². The Morgan fingerprint density at radius 3 is 2.81 bits per heavy atom. The van der Waals surface area contributed by atoms with Crippen LogP contribution in [-0.2, 0) is 4.74 Å². The summed E-state index contributed by atoms with van der Waals surface area (Å²) in [5.74, 6) is 0.852. The summed E-state index contributed by atoms with van der Waals surface area (Å²) in [6.07, 6.45) is 3.69. The molecule has 2 aliphatic rings. The van der Waals surface area contributed by atoms with E-state index >= 15 is 0 Å². The molecule has 2 heterocycles. The van der Waals surface area contributed by atoms with Crippen molar-refractivity contribution in [2.75, 3.05) is 36.9 Å². The van der Waals surface area contributed by atoms with Crippen molar-refractivity contribution in [3.63, 3.8) is 0 Å². The Morgan fingerprint density at radius 2 is 2.19 bits per heavy atom. The molecule has 0 aromatic carbocycles. The molecule has 3 rings (SSSR count). The second kappa shape index (κ2) is 6.19. The van der Waals surface area contributed by atoms with Crippen molar-refractivity contribution in [3.05, 3.63) is 4.88 Å². The molecular weight excluding hydrogens is 288 g/mol. The van der Waals surface area contributed by atoms with Gasteiger partial charge in [0.05, 0.1) is 13.2 Å². The zero-order chi connectivity index (χ0) is 14.8. The van der Waals surface area contributed by atoms with Gasteiger partial charge in [0.25, 0.3) is 5.91 Å². The molecule has 1 unspecified atom stereocenters. The molecule has 2 fully saturated rings. The molecule has 1 aromatic rings. The zero-order valence-corrected chi connectivity index (χ0v) is 13.1. The monoisotopic (exact) mass is 310 g/mol. The molecule has 7 heteroatoms. The van der Waals surface area contributed by atoms with E-state index < -0.39 is 0 Å². The van der Waals surface area contributed by atoms with Crippen molar-refractivity contribution >= 4 is 28.2 Å². The maximum absolute atomic E-state index is 12.4. The fraction of sp³-hybridized carbons (Fsp3) is 0.714. The van der Waals surface area contributed by atoms with Crippen LogP contribution in [-0.4, -0.2) is 43.2 Å². The molecule has 1 atom stereocenters.